The van der Waals surface area contributed by atoms with Crippen LogP contribution < -0.4 is 10.2 Å². The highest BCUT2D eigenvalue weighted by Gasteiger charge is 2.57. The van der Waals surface area contributed by atoms with Crippen molar-refractivity contribution in [2.45, 2.75) is 38.6 Å². The van der Waals surface area contributed by atoms with Gasteiger partial charge in [0, 0.05) is 16.9 Å². The number of fused-ring (bicyclic) bond motifs is 3. The van der Waals surface area contributed by atoms with E-state index in [0.29, 0.717) is 24.9 Å². The molecule has 3 aliphatic rings. The standard InChI is InChI=1S/C39H37BN2O5/c1-25-22-32-37(39(45)42(38(32)44)31-19-17-30(18-20-31)41-29-13-6-3-7-14-29)33-24-40(46)47-35(36(25)33)21-16-27(26-10-4-2-5-11-26)23-28-12-8-9-15-34(28)43/h2-15,17-20,23,32-33,35,37,41,43,46H,16,21-22,24H2,1H3/b27-23-/t32-,33+,35-,37-/m1/s1. The van der Waals surface area contributed by atoms with Gasteiger partial charge in [0.1, 0.15) is 5.75 Å². The fourth-order valence-electron chi connectivity index (χ4n) is 7.59. The molecule has 2 heterocycles. The molecule has 4 atom stereocenters. The number of benzene rings is 4. The topological polar surface area (TPSA) is 99.1 Å². The van der Waals surface area contributed by atoms with Crippen molar-refractivity contribution >= 4 is 47.6 Å². The van der Waals surface area contributed by atoms with Gasteiger partial charge in [-0.3, -0.25) is 14.5 Å². The molecule has 4 aromatic rings. The molecule has 7 nitrogen and oxygen atoms in total. The van der Waals surface area contributed by atoms with Crippen molar-refractivity contribution in [2.24, 2.45) is 17.8 Å². The minimum absolute atomic E-state index is 0.184. The molecule has 47 heavy (non-hydrogen) atoms. The summed E-state index contributed by atoms with van der Waals surface area (Å²) in [5.74, 6) is -1.49. The Labute approximate surface area is 275 Å². The molecular formula is C39H37BN2O5. The van der Waals surface area contributed by atoms with Crippen molar-refractivity contribution in [3.63, 3.8) is 0 Å². The molecule has 0 aromatic heterocycles. The summed E-state index contributed by atoms with van der Waals surface area (Å²) < 4.78 is 6.17. The van der Waals surface area contributed by atoms with Gasteiger partial charge in [-0.15, -0.1) is 0 Å². The van der Waals surface area contributed by atoms with Crippen LogP contribution in [0.25, 0.3) is 11.6 Å². The summed E-state index contributed by atoms with van der Waals surface area (Å²) in [4.78, 5) is 29.3. The molecule has 8 heteroatoms. The van der Waals surface area contributed by atoms with E-state index in [9.17, 15) is 19.7 Å². The number of carbonyl (C=O) groups excluding carboxylic acids is 2. The van der Waals surface area contributed by atoms with Crippen LogP contribution in [0.5, 0.6) is 5.75 Å². The summed E-state index contributed by atoms with van der Waals surface area (Å²) in [5.41, 5.74) is 7.25. The first kappa shape index (κ1) is 30.7. The Hall–Kier alpha value is -4.92. The molecule has 2 fully saturated rings. The Morgan fingerprint density at radius 3 is 2.26 bits per heavy atom. The first-order valence-electron chi connectivity index (χ1n) is 16.2. The summed E-state index contributed by atoms with van der Waals surface area (Å²) in [6.45, 7) is 2.03. The molecule has 0 spiro atoms. The number of imide groups is 1. The third kappa shape index (κ3) is 6.14. The molecule has 7 rings (SSSR count). The third-order valence-electron chi connectivity index (χ3n) is 9.73. The fourth-order valence-corrected chi connectivity index (χ4v) is 7.59. The molecule has 0 bridgehead atoms. The highest BCUT2D eigenvalue weighted by atomic mass is 16.5. The zero-order valence-corrected chi connectivity index (χ0v) is 26.3. The zero-order chi connectivity index (χ0) is 32.5. The van der Waals surface area contributed by atoms with Crippen molar-refractivity contribution in [2.75, 3.05) is 10.2 Å². The van der Waals surface area contributed by atoms with Crippen molar-refractivity contribution in [3.05, 3.63) is 131 Å². The minimum atomic E-state index is -1.04. The number of nitrogens with zero attached hydrogens (tertiary/aromatic N) is 1. The molecule has 2 amide bonds. The predicted octanol–water partition coefficient (Wildman–Crippen LogP) is 7.48. The number of hydrogen-bond acceptors (Lipinski definition) is 6. The Bertz CT molecular complexity index is 1840. The first-order valence-corrected chi connectivity index (χ1v) is 16.2. The highest BCUT2D eigenvalue weighted by molar-refractivity contribution is 6.43. The number of para-hydroxylation sites is 2. The summed E-state index contributed by atoms with van der Waals surface area (Å²) in [6.07, 6.45) is 3.55. The van der Waals surface area contributed by atoms with Crippen LogP contribution in [-0.4, -0.2) is 35.2 Å². The Morgan fingerprint density at radius 2 is 1.53 bits per heavy atom. The molecule has 0 radical (unpaired) electrons. The fraction of sp³-hybridized carbons (Fsp3) is 0.231. The van der Waals surface area contributed by atoms with Gasteiger partial charge in [-0.05, 0) is 104 Å². The molecule has 236 valence electrons. The van der Waals surface area contributed by atoms with Crippen LogP contribution in [0.15, 0.2) is 120 Å². The van der Waals surface area contributed by atoms with Crippen LogP contribution in [0.1, 0.15) is 37.3 Å². The highest BCUT2D eigenvalue weighted by Crippen LogP contribution is 2.51. The van der Waals surface area contributed by atoms with Gasteiger partial charge in [-0.2, -0.15) is 0 Å². The van der Waals surface area contributed by atoms with E-state index in [1.807, 2.05) is 110 Å². The van der Waals surface area contributed by atoms with Crippen LogP contribution >= 0.6 is 0 Å². The summed E-state index contributed by atoms with van der Waals surface area (Å²) in [5, 5.41) is 24.8. The predicted molar refractivity (Wildman–Crippen MR) is 186 cm³/mol. The number of rotatable bonds is 8. The second kappa shape index (κ2) is 13.1. The number of allylic oxidation sites excluding steroid dienone is 2. The molecule has 0 saturated carbocycles. The van der Waals surface area contributed by atoms with Crippen molar-refractivity contribution < 1.29 is 24.4 Å². The van der Waals surface area contributed by atoms with Gasteiger partial charge in [0.25, 0.3) is 0 Å². The minimum Gasteiger partial charge on any atom is -0.507 e. The first-order chi connectivity index (χ1) is 22.9. The van der Waals surface area contributed by atoms with Gasteiger partial charge in [-0.1, -0.05) is 72.3 Å². The number of amides is 2. The van der Waals surface area contributed by atoms with Gasteiger partial charge in [-0.25, -0.2) is 0 Å². The average molecular weight is 625 g/mol. The molecule has 0 unspecified atom stereocenters. The summed E-state index contributed by atoms with van der Waals surface area (Å²) in [7, 11) is -1.04. The second-order valence-electron chi connectivity index (χ2n) is 12.7. The maximum atomic E-state index is 14.1. The number of phenolic OH excluding ortho intramolecular Hbond substituents is 1. The van der Waals surface area contributed by atoms with Crippen LogP contribution in [0, 0.1) is 17.8 Å². The molecule has 3 N–H and O–H groups in total. The summed E-state index contributed by atoms with van der Waals surface area (Å²) >= 11 is 0. The number of hydrogen-bond donors (Lipinski definition) is 3. The van der Waals surface area contributed by atoms with E-state index < -0.39 is 25.1 Å². The lowest BCUT2D eigenvalue weighted by Crippen LogP contribution is -2.46. The van der Waals surface area contributed by atoms with E-state index in [0.717, 1.165) is 39.2 Å². The Morgan fingerprint density at radius 1 is 0.872 bits per heavy atom. The van der Waals surface area contributed by atoms with Gasteiger partial charge >= 0.3 is 7.12 Å². The van der Waals surface area contributed by atoms with Crippen LogP contribution in [0.4, 0.5) is 17.1 Å². The van der Waals surface area contributed by atoms with E-state index >= 15 is 0 Å². The molecule has 4 aromatic carbocycles. The van der Waals surface area contributed by atoms with E-state index in [2.05, 4.69) is 5.32 Å². The number of phenols is 1. The zero-order valence-electron chi connectivity index (χ0n) is 26.3. The van der Waals surface area contributed by atoms with E-state index in [4.69, 9.17) is 4.65 Å². The number of carbonyl (C=O) groups is 2. The monoisotopic (exact) mass is 624 g/mol. The van der Waals surface area contributed by atoms with Crippen LogP contribution in [-0.2, 0) is 14.2 Å². The molecular weight excluding hydrogens is 587 g/mol. The second-order valence-corrected chi connectivity index (χ2v) is 12.7. The van der Waals surface area contributed by atoms with E-state index in [1.54, 1.807) is 12.1 Å². The normalized spacial score (nSPS) is 22.7. The van der Waals surface area contributed by atoms with Crippen LogP contribution in [0.3, 0.4) is 0 Å². The lowest BCUT2D eigenvalue weighted by atomic mass is 9.58. The van der Waals surface area contributed by atoms with Gasteiger partial charge in [0.15, 0.2) is 0 Å². The number of nitrogens with one attached hydrogen (secondary N) is 1. The van der Waals surface area contributed by atoms with Crippen molar-refractivity contribution in [1.82, 2.24) is 0 Å². The summed E-state index contributed by atoms with van der Waals surface area (Å²) in [6, 6.07) is 34.5. The molecule has 2 saturated heterocycles. The quantitative estimate of drug-likeness (QED) is 0.0814. The molecule has 2 aliphatic heterocycles. The van der Waals surface area contributed by atoms with E-state index in [-0.39, 0.29) is 29.8 Å². The Balaban J connectivity index is 1.13. The van der Waals surface area contributed by atoms with Gasteiger partial charge in [0.05, 0.1) is 23.6 Å². The van der Waals surface area contributed by atoms with Gasteiger partial charge in [0.2, 0.25) is 11.8 Å². The lowest BCUT2D eigenvalue weighted by molar-refractivity contribution is -0.122. The maximum absolute atomic E-state index is 14.1. The van der Waals surface area contributed by atoms with E-state index in [1.165, 1.54) is 4.90 Å². The Kier molecular flexibility index (Phi) is 8.54. The van der Waals surface area contributed by atoms with Crippen molar-refractivity contribution in [3.8, 4) is 5.75 Å². The SMILES string of the molecule is CC1=C2[C@@H](CC/C(=C/c3ccccc3O)c3ccccc3)OB(O)C[C@@H]2[C@@H]2C(=O)N(c3ccc(Nc4ccccc4)cc3)C(=O)[C@@H]2C1. The smallest absolute Gasteiger partial charge is 0.455 e. The maximum Gasteiger partial charge on any atom is 0.455 e. The third-order valence-corrected chi connectivity index (χ3v) is 9.73. The van der Waals surface area contributed by atoms with Crippen molar-refractivity contribution in [1.29, 1.82) is 0 Å². The lowest BCUT2D eigenvalue weighted by Gasteiger charge is -2.42. The largest absolute Gasteiger partial charge is 0.507 e. The number of aromatic hydroxyl groups is 1. The molecule has 1 aliphatic carbocycles. The number of anilines is 3. The average Bonchev–Trinajstić information content (AvgIpc) is 3.33. The van der Waals surface area contributed by atoms with Crippen LogP contribution in [0.2, 0.25) is 6.32 Å². The van der Waals surface area contributed by atoms with Gasteiger partial charge < -0.3 is 20.1 Å².